The number of imide groups is 1. The van der Waals surface area contributed by atoms with Crippen molar-refractivity contribution in [3.05, 3.63) is 24.3 Å². The third-order valence-electron chi connectivity index (χ3n) is 7.87. The summed E-state index contributed by atoms with van der Waals surface area (Å²) in [5, 5.41) is 8.67. The molecule has 10 heteroatoms. The van der Waals surface area contributed by atoms with Crippen LogP contribution in [0.3, 0.4) is 0 Å². The number of carbonyl (C=O) groups excluding carboxylic acids is 3. The molecule has 1 saturated carbocycles. The van der Waals surface area contributed by atoms with E-state index in [1.165, 1.54) is 5.69 Å². The van der Waals surface area contributed by atoms with E-state index in [0.29, 0.717) is 24.7 Å². The molecule has 3 saturated heterocycles. The lowest BCUT2D eigenvalue weighted by Gasteiger charge is -2.37. The first-order valence-corrected chi connectivity index (χ1v) is 13.5. The highest BCUT2D eigenvalue weighted by Crippen LogP contribution is 2.45. The number of piperazine rings is 1. The molecule has 1 aromatic rings. The minimum absolute atomic E-state index is 0.198. The molecule has 3 unspecified atom stereocenters. The monoisotopic (exact) mass is 512 g/mol. The molecular formula is C27H40N6O4. The van der Waals surface area contributed by atoms with Gasteiger partial charge < -0.3 is 25.2 Å². The first-order valence-electron chi connectivity index (χ1n) is 13.5. The van der Waals surface area contributed by atoms with Gasteiger partial charge in [0.25, 0.3) is 0 Å². The molecule has 3 N–H and O–H groups in total. The number of rotatable bonds is 7. The van der Waals surface area contributed by atoms with Crippen LogP contribution in [0.15, 0.2) is 24.3 Å². The van der Waals surface area contributed by atoms with Gasteiger partial charge in [0.1, 0.15) is 11.6 Å². The van der Waals surface area contributed by atoms with Crippen molar-refractivity contribution < 1.29 is 19.1 Å². The topological polar surface area (TPSA) is 106 Å². The summed E-state index contributed by atoms with van der Waals surface area (Å²) in [6.07, 6.45) is 0.601. The highest BCUT2D eigenvalue weighted by Gasteiger charge is 2.56. The maximum Gasteiger partial charge on any atom is 0.407 e. The Labute approximate surface area is 219 Å². The van der Waals surface area contributed by atoms with E-state index in [-0.39, 0.29) is 30.0 Å². The van der Waals surface area contributed by atoms with Crippen LogP contribution in [0.25, 0.3) is 0 Å². The van der Waals surface area contributed by atoms with E-state index in [1.807, 2.05) is 32.9 Å². The highest BCUT2D eigenvalue weighted by molar-refractivity contribution is 6.01. The summed E-state index contributed by atoms with van der Waals surface area (Å²) in [5.74, 6) is 0.684. The lowest BCUT2D eigenvalue weighted by Crippen LogP contribution is -2.48. The summed E-state index contributed by atoms with van der Waals surface area (Å²) >= 11 is 0. The van der Waals surface area contributed by atoms with Gasteiger partial charge in [-0.15, -0.1) is 0 Å². The van der Waals surface area contributed by atoms with Gasteiger partial charge in [0.15, 0.2) is 0 Å². The highest BCUT2D eigenvalue weighted by atomic mass is 16.6. The number of piperidine rings is 2. The molecular weight excluding hydrogens is 472 g/mol. The van der Waals surface area contributed by atoms with Crippen LogP contribution < -0.4 is 20.9 Å². The number of amides is 3. The fourth-order valence-electron chi connectivity index (χ4n) is 5.77. The molecule has 1 aromatic carbocycles. The molecule has 0 aromatic heterocycles. The minimum atomic E-state index is -0.456. The van der Waals surface area contributed by atoms with Crippen molar-refractivity contribution >= 4 is 29.3 Å². The van der Waals surface area contributed by atoms with Crippen molar-refractivity contribution in [1.29, 1.82) is 0 Å². The predicted molar refractivity (Wildman–Crippen MR) is 141 cm³/mol. The van der Waals surface area contributed by atoms with Gasteiger partial charge in [-0.25, -0.2) is 4.79 Å². The number of ether oxygens (including phenoxy) is 1. The Bertz CT molecular complexity index is 989. The van der Waals surface area contributed by atoms with Crippen molar-refractivity contribution in [2.75, 3.05) is 62.6 Å². The van der Waals surface area contributed by atoms with Crippen molar-refractivity contribution in [3.63, 3.8) is 0 Å². The van der Waals surface area contributed by atoms with Crippen molar-refractivity contribution in [1.82, 2.24) is 20.4 Å². The molecule has 4 aliphatic rings. The summed E-state index contributed by atoms with van der Waals surface area (Å²) in [5.41, 5.74) is 1.63. The number of hydrogen-bond donors (Lipinski definition) is 3. The average molecular weight is 513 g/mol. The fourth-order valence-corrected chi connectivity index (χ4v) is 5.77. The van der Waals surface area contributed by atoms with E-state index < -0.39 is 5.60 Å². The molecule has 3 amide bonds. The third kappa shape index (κ3) is 6.54. The standard InChI is InChI=1S/C27H40N6O4/c1-27(2,3)37-26(36)30-24-20-16-32(17-21(20)24)11-10-31-12-14-33(15-13-31)19-6-4-18(5-7-19)28-22-8-9-23(34)29-25(22)35/h4-7,20-22,24,28H,8-17H2,1-3H3,(H,30,36)(H,29,34,35). The fraction of sp³-hybridized carbons (Fsp3) is 0.667. The predicted octanol–water partition coefficient (Wildman–Crippen LogP) is 1.48. The molecule has 4 fully saturated rings. The number of likely N-dealkylation sites (tertiary alicyclic amines) is 1. The molecule has 0 spiro atoms. The van der Waals surface area contributed by atoms with Gasteiger partial charge >= 0.3 is 6.09 Å². The van der Waals surface area contributed by atoms with Gasteiger partial charge in [0.05, 0.1) is 0 Å². The Morgan fingerprint density at radius 1 is 1.00 bits per heavy atom. The van der Waals surface area contributed by atoms with Crippen LogP contribution in [-0.4, -0.2) is 97.8 Å². The summed E-state index contributed by atoms with van der Waals surface area (Å²) in [6.45, 7) is 14.0. The van der Waals surface area contributed by atoms with E-state index in [1.54, 1.807) is 0 Å². The first-order chi connectivity index (χ1) is 17.6. The molecule has 10 nitrogen and oxygen atoms in total. The second-order valence-corrected chi connectivity index (χ2v) is 11.8. The number of hydrogen-bond acceptors (Lipinski definition) is 8. The molecule has 37 heavy (non-hydrogen) atoms. The minimum Gasteiger partial charge on any atom is -0.444 e. The maximum absolute atomic E-state index is 12.0. The van der Waals surface area contributed by atoms with Crippen molar-refractivity contribution in [2.45, 2.75) is 51.3 Å². The number of benzene rings is 1. The van der Waals surface area contributed by atoms with E-state index >= 15 is 0 Å². The van der Waals surface area contributed by atoms with Crippen LogP contribution in [0.2, 0.25) is 0 Å². The number of nitrogens with one attached hydrogen (secondary N) is 3. The second-order valence-electron chi connectivity index (χ2n) is 11.8. The molecule has 3 aliphatic heterocycles. The molecule has 0 radical (unpaired) electrons. The Kier molecular flexibility index (Phi) is 7.31. The summed E-state index contributed by atoms with van der Waals surface area (Å²) in [7, 11) is 0. The van der Waals surface area contributed by atoms with Gasteiger partial charge in [0.2, 0.25) is 11.8 Å². The first kappa shape index (κ1) is 25.8. The Morgan fingerprint density at radius 3 is 2.27 bits per heavy atom. The number of alkyl carbamates (subject to hydrolysis) is 1. The summed E-state index contributed by atoms with van der Waals surface area (Å²) in [4.78, 5) is 42.8. The van der Waals surface area contributed by atoms with Crippen molar-refractivity contribution in [3.8, 4) is 0 Å². The van der Waals surface area contributed by atoms with Gasteiger partial charge in [-0.2, -0.15) is 0 Å². The quantitative estimate of drug-likeness (QED) is 0.472. The molecule has 202 valence electrons. The number of carbonyl (C=O) groups is 3. The number of anilines is 2. The smallest absolute Gasteiger partial charge is 0.407 e. The maximum atomic E-state index is 12.0. The van der Waals surface area contributed by atoms with Crippen LogP contribution in [0.1, 0.15) is 33.6 Å². The zero-order valence-corrected chi connectivity index (χ0v) is 22.2. The van der Waals surface area contributed by atoms with E-state index in [4.69, 9.17) is 4.74 Å². The van der Waals surface area contributed by atoms with Crippen LogP contribution in [0.4, 0.5) is 16.2 Å². The third-order valence-corrected chi connectivity index (χ3v) is 7.87. The van der Waals surface area contributed by atoms with E-state index in [9.17, 15) is 14.4 Å². The van der Waals surface area contributed by atoms with Crippen LogP contribution in [-0.2, 0) is 14.3 Å². The second kappa shape index (κ2) is 10.5. The molecule has 3 atom stereocenters. The largest absolute Gasteiger partial charge is 0.444 e. The Balaban J connectivity index is 0.984. The van der Waals surface area contributed by atoms with Gasteiger partial charge in [-0.3, -0.25) is 19.8 Å². The zero-order chi connectivity index (χ0) is 26.2. The van der Waals surface area contributed by atoms with Crippen LogP contribution in [0.5, 0.6) is 0 Å². The van der Waals surface area contributed by atoms with Crippen LogP contribution >= 0.6 is 0 Å². The lowest BCUT2D eigenvalue weighted by molar-refractivity contribution is -0.133. The van der Waals surface area contributed by atoms with E-state index in [2.05, 4.69) is 42.8 Å². The van der Waals surface area contributed by atoms with Crippen molar-refractivity contribution in [2.24, 2.45) is 11.8 Å². The van der Waals surface area contributed by atoms with Gasteiger partial charge in [-0.1, -0.05) is 0 Å². The van der Waals surface area contributed by atoms with E-state index in [0.717, 1.165) is 58.0 Å². The number of fused-ring (bicyclic) bond motifs is 1. The molecule has 5 rings (SSSR count). The summed E-state index contributed by atoms with van der Waals surface area (Å²) < 4.78 is 5.39. The number of nitrogens with zero attached hydrogens (tertiary/aromatic N) is 3. The summed E-state index contributed by atoms with van der Waals surface area (Å²) in [6, 6.07) is 8.13. The molecule has 0 bridgehead atoms. The normalized spacial score (nSPS) is 28.5. The SMILES string of the molecule is CC(C)(C)OC(=O)NC1C2CN(CCN3CCN(c4ccc(NC5CCC(=O)NC5=O)cc4)CC3)CC21. The molecule has 3 heterocycles. The van der Waals surface area contributed by atoms with Gasteiger partial charge in [-0.05, 0) is 63.3 Å². The lowest BCUT2D eigenvalue weighted by atomic mass is 10.1. The Hall–Kier alpha value is -2.85. The average Bonchev–Trinajstić information content (AvgIpc) is 3.27. The Morgan fingerprint density at radius 2 is 1.65 bits per heavy atom. The molecule has 1 aliphatic carbocycles. The van der Waals surface area contributed by atoms with Gasteiger partial charge in [0, 0.05) is 76.2 Å². The zero-order valence-electron chi connectivity index (χ0n) is 22.2. The van der Waals surface area contributed by atoms with Crippen LogP contribution in [0, 0.1) is 11.8 Å².